The summed E-state index contributed by atoms with van der Waals surface area (Å²) in [5.41, 5.74) is 12.7. The van der Waals surface area contributed by atoms with Gasteiger partial charge in [-0.3, -0.25) is 4.79 Å². The molecule has 0 spiro atoms. The van der Waals surface area contributed by atoms with E-state index in [0.717, 1.165) is 5.57 Å². The van der Waals surface area contributed by atoms with Crippen LogP contribution >= 0.6 is 0 Å². The van der Waals surface area contributed by atoms with Crippen molar-refractivity contribution < 1.29 is 13.2 Å². The Morgan fingerprint density at radius 1 is 1.25 bits per heavy atom. The van der Waals surface area contributed by atoms with Crippen LogP contribution in [0.4, 0.5) is 0 Å². The number of guanidine groups is 1. The molecule has 1 aromatic carbocycles. The monoisotopic (exact) mass is 293 g/mol. The average molecular weight is 293 g/mol. The van der Waals surface area contributed by atoms with Gasteiger partial charge in [-0.1, -0.05) is 6.08 Å². The maximum Gasteiger partial charge on any atom is 0.280 e. The number of nitrogens with zero attached hydrogens (tertiary/aromatic N) is 1. The molecular formula is C13H15N3O3S. The van der Waals surface area contributed by atoms with Crippen LogP contribution in [0.3, 0.4) is 0 Å². The predicted molar refractivity (Wildman–Crippen MR) is 77.0 cm³/mol. The summed E-state index contributed by atoms with van der Waals surface area (Å²) in [4.78, 5) is 15.5. The van der Waals surface area contributed by atoms with Crippen LogP contribution in [0.5, 0.6) is 0 Å². The average Bonchev–Trinajstić information content (AvgIpc) is 2.33. The summed E-state index contributed by atoms with van der Waals surface area (Å²) in [6, 6.07) is 3.03. The number of fused-ring (bicyclic) bond motifs is 1. The van der Waals surface area contributed by atoms with Crippen molar-refractivity contribution >= 4 is 27.3 Å². The number of allylic oxidation sites excluding steroid dienone is 1. The van der Waals surface area contributed by atoms with Gasteiger partial charge < -0.3 is 11.5 Å². The van der Waals surface area contributed by atoms with Crippen molar-refractivity contribution in [2.24, 2.45) is 16.5 Å². The van der Waals surface area contributed by atoms with Gasteiger partial charge in [-0.2, -0.15) is 4.99 Å². The highest BCUT2D eigenvalue weighted by molar-refractivity contribution is 7.91. The van der Waals surface area contributed by atoms with E-state index in [9.17, 15) is 13.2 Å². The normalized spacial score (nSPS) is 16.0. The summed E-state index contributed by atoms with van der Waals surface area (Å²) in [5, 5.41) is 0. The molecule has 0 fully saturated rings. The predicted octanol–water partition coefficient (Wildman–Crippen LogP) is 0.599. The second-order valence-corrected chi connectivity index (χ2v) is 6.68. The molecule has 1 heterocycles. The fourth-order valence-corrected chi connectivity index (χ4v) is 3.60. The Morgan fingerprint density at radius 3 is 2.50 bits per heavy atom. The number of amides is 1. The molecule has 6 nitrogen and oxygen atoms in total. The Hall–Kier alpha value is -2.15. The molecule has 106 valence electrons. The molecule has 0 aliphatic carbocycles. The number of benzene rings is 1. The van der Waals surface area contributed by atoms with Crippen molar-refractivity contribution in [1.29, 1.82) is 0 Å². The number of rotatable bonds is 1. The summed E-state index contributed by atoms with van der Waals surface area (Å²) in [5.74, 6) is -1.07. The largest absolute Gasteiger partial charge is 0.370 e. The Kier molecular flexibility index (Phi) is 3.39. The smallest absolute Gasteiger partial charge is 0.280 e. The lowest BCUT2D eigenvalue weighted by atomic mass is 10.00. The number of aliphatic imine (C=N–C) groups is 1. The minimum Gasteiger partial charge on any atom is -0.370 e. The lowest BCUT2D eigenvalue weighted by Crippen LogP contribution is -2.24. The highest BCUT2D eigenvalue weighted by atomic mass is 32.2. The molecule has 7 heteroatoms. The molecule has 4 N–H and O–H groups in total. The van der Waals surface area contributed by atoms with E-state index in [1.165, 1.54) is 6.07 Å². The van der Waals surface area contributed by atoms with Crippen LogP contribution in [0.2, 0.25) is 0 Å². The van der Waals surface area contributed by atoms with E-state index in [1.54, 1.807) is 19.1 Å². The van der Waals surface area contributed by atoms with Gasteiger partial charge in [-0.25, -0.2) is 8.42 Å². The highest BCUT2D eigenvalue weighted by Crippen LogP contribution is 2.31. The molecular weight excluding hydrogens is 278 g/mol. The van der Waals surface area contributed by atoms with E-state index in [1.807, 2.05) is 6.92 Å². The molecule has 1 amide bonds. The van der Waals surface area contributed by atoms with Gasteiger partial charge in [0, 0.05) is 5.56 Å². The molecule has 0 unspecified atom stereocenters. The van der Waals surface area contributed by atoms with Crippen molar-refractivity contribution in [3.8, 4) is 0 Å². The summed E-state index contributed by atoms with van der Waals surface area (Å²) in [6.07, 6.45) is 1.66. The first-order chi connectivity index (χ1) is 9.22. The molecule has 1 aliphatic rings. The molecule has 0 radical (unpaired) electrons. The summed E-state index contributed by atoms with van der Waals surface area (Å²) in [7, 11) is -3.42. The van der Waals surface area contributed by atoms with Crippen LogP contribution in [0.15, 0.2) is 28.1 Å². The van der Waals surface area contributed by atoms with Gasteiger partial charge in [-0.15, -0.1) is 0 Å². The standard InChI is InChI=1S/C13H15N3O3S/c1-7-3-4-20(18,19)11-6-10(8(2)5-9(7)11)12(17)16-13(14)15/h3,5-6H,4H2,1-2H3,(H4,14,15,16,17). The third-order valence-corrected chi connectivity index (χ3v) is 4.77. The third-order valence-electron chi connectivity index (χ3n) is 3.16. The maximum atomic E-state index is 12.1. The lowest BCUT2D eigenvalue weighted by molar-refractivity contribution is 0.100. The fraction of sp³-hybridized carbons (Fsp3) is 0.231. The number of carbonyl (C=O) groups excluding carboxylic acids is 1. The zero-order chi connectivity index (χ0) is 15.1. The van der Waals surface area contributed by atoms with Crippen LogP contribution < -0.4 is 11.5 Å². The van der Waals surface area contributed by atoms with Crippen molar-refractivity contribution in [3.05, 3.63) is 34.9 Å². The highest BCUT2D eigenvalue weighted by Gasteiger charge is 2.25. The van der Waals surface area contributed by atoms with E-state index in [-0.39, 0.29) is 22.2 Å². The van der Waals surface area contributed by atoms with Gasteiger partial charge in [0.25, 0.3) is 5.91 Å². The first-order valence-corrected chi connectivity index (χ1v) is 7.56. The SMILES string of the molecule is CC1=CCS(=O)(=O)c2cc(C(=O)N=C(N)N)c(C)cc21. The summed E-state index contributed by atoms with van der Waals surface area (Å²) < 4.78 is 24.2. The first-order valence-electron chi connectivity index (χ1n) is 5.91. The molecule has 0 saturated carbocycles. The van der Waals surface area contributed by atoms with Gasteiger partial charge >= 0.3 is 0 Å². The Labute approximate surface area is 117 Å². The molecule has 20 heavy (non-hydrogen) atoms. The third kappa shape index (κ3) is 2.44. The van der Waals surface area contributed by atoms with E-state index in [4.69, 9.17) is 11.5 Å². The minimum absolute atomic E-state index is 0.0647. The number of aryl methyl sites for hydroxylation is 1. The Balaban J connectivity index is 2.69. The molecule has 0 saturated heterocycles. The number of sulfone groups is 1. The second-order valence-electron chi connectivity index (χ2n) is 4.67. The Bertz CT molecular complexity index is 757. The number of hydrogen-bond acceptors (Lipinski definition) is 3. The molecule has 1 aliphatic heterocycles. The van der Waals surface area contributed by atoms with Gasteiger partial charge in [0.2, 0.25) is 0 Å². The van der Waals surface area contributed by atoms with E-state index in [2.05, 4.69) is 4.99 Å². The van der Waals surface area contributed by atoms with Crippen molar-refractivity contribution in [1.82, 2.24) is 0 Å². The molecule has 2 rings (SSSR count). The van der Waals surface area contributed by atoms with Crippen LogP contribution in [0, 0.1) is 6.92 Å². The zero-order valence-corrected chi connectivity index (χ0v) is 12.0. The van der Waals surface area contributed by atoms with Crippen LogP contribution in [-0.4, -0.2) is 26.0 Å². The second kappa shape index (κ2) is 4.75. The van der Waals surface area contributed by atoms with E-state index < -0.39 is 15.7 Å². The van der Waals surface area contributed by atoms with Gasteiger partial charge in [0.15, 0.2) is 15.8 Å². The quantitative estimate of drug-likeness (QED) is 0.581. The van der Waals surface area contributed by atoms with Crippen molar-refractivity contribution in [3.63, 3.8) is 0 Å². The molecule has 0 atom stereocenters. The topological polar surface area (TPSA) is 116 Å². The first kappa shape index (κ1) is 14.3. The zero-order valence-electron chi connectivity index (χ0n) is 11.2. The molecule has 0 bridgehead atoms. The van der Waals surface area contributed by atoms with Crippen molar-refractivity contribution in [2.45, 2.75) is 18.7 Å². The number of hydrogen-bond donors (Lipinski definition) is 2. The Morgan fingerprint density at radius 2 is 1.90 bits per heavy atom. The van der Waals surface area contributed by atoms with E-state index in [0.29, 0.717) is 11.1 Å². The fourth-order valence-electron chi connectivity index (χ4n) is 2.10. The molecule has 0 aromatic heterocycles. The van der Waals surface area contributed by atoms with Gasteiger partial charge in [-0.05, 0) is 42.7 Å². The minimum atomic E-state index is -3.42. The molecule has 1 aromatic rings. The van der Waals surface area contributed by atoms with Gasteiger partial charge in [0.1, 0.15) is 0 Å². The van der Waals surface area contributed by atoms with Crippen LogP contribution in [0.25, 0.3) is 5.57 Å². The number of nitrogens with two attached hydrogens (primary N) is 2. The number of carbonyl (C=O) groups is 1. The van der Waals surface area contributed by atoms with Gasteiger partial charge in [0.05, 0.1) is 10.6 Å². The maximum absolute atomic E-state index is 12.1. The lowest BCUT2D eigenvalue weighted by Gasteiger charge is -2.17. The van der Waals surface area contributed by atoms with Crippen LogP contribution in [0.1, 0.15) is 28.4 Å². The summed E-state index contributed by atoms with van der Waals surface area (Å²) >= 11 is 0. The van der Waals surface area contributed by atoms with Crippen molar-refractivity contribution in [2.75, 3.05) is 5.75 Å². The summed E-state index contributed by atoms with van der Waals surface area (Å²) in [6.45, 7) is 3.55. The van der Waals surface area contributed by atoms with E-state index >= 15 is 0 Å². The van der Waals surface area contributed by atoms with Crippen LogP contribution in [-0.2, 0) is 9.84 Å².